The molecular formula is C32H18F4O4S. The lowest BCUT2D eigenvalue weighted by molar-refractivity contribution is 0.347. The summed E-state index contributed by atoms with van der Waals surface area (Å²) in [6.45, 7) is 0. The fourth-order valence-corrected chi connectivity index (χ4v) is 5.46. The second-order valence-electron chi connectivity index (χ2n) is 9.30. The molecule has 41 heavy (non-hydrogen) atoms. The van der Waals surface area contributed by atoms with Gasteiger partial charge in [0.2, 0.25) is 17.4 Å². The molecule has 0 aliphatic heterocycles. The lowest BCUT2D eigenvalue weighted by Crippen LogP contribution is -2.11. The van der Waals surface area contributed by atoms with Gasteiger partial charge in [-0.25, -0.2) is 8.78 Å². The van der Waals surface area contributed by atoms with Crippen molar-refractivity contribution in [1.29, 1.82) is 0 Å². The van der Waals surface area contributed by atoms with E-state index < -0.39 is 44.0 Å². The highest BCUT2D eigenvalue weighted by atomic mass is 32.2. The monoisotopic (exact) mass is 574 g/mol. The van der Waals surface area contributed by atoms with Crippen LogP contribution >= 0.6 is 0 Å². The molecule has 0 radical (unpaired) electrons. The van der Waals surface area contributed by atoms with E-state index in [1.54, 1.807) is 30.3 Å². The van der Waals surface area contributed by atoms with Crippen molar-refractivity contribution in [3.05, 3.63) is 126 Å². The topological polar surface area (TPSA) is 63.6 Å². The third kappa shape index (κ3) is 4.69. The first kappa shape index (κ1) is 26.5. The zero-order valence-electron chi connectivity index (χ0n) is 20.9. The Hall–Kier alpha value is -4.73. The largest absolute Gasteiger partial charge is 0.450 e. The molecule has 0 amide bonds. The van der Waals surface area contributed by atoms with E-state index in [1.807, 2.05) is 72.8 Å². The summed E-state index contributed by atoms with van der Waals surface area (Å²) in [6, 6.07) is 30.9. The molecule has 0 saturated carbocycles. The van der Waals surface area contributed by atoms with Crippen molar-refractivity contribution in [2.45, 2.75) is 4.90 Å². The average Bonchev–Trinajstić information content (AvgIpc) is 2.97. The van der Waals surface area contributed by atoms with Crippen LogP contribution in [0.1, 0.15) is 0 Å². The number of hydrogen-bond donors (Lipinski definition) is 1. The van der Waals surface area contributed by atoms with E-state index in [9.17, 15) is 17.2 Å². The number of fused-ring (bicyclic) bond motifs is 2. The Bertz CT molecular complexity index is 1980. The van der Waals surface area contributed by atoms with Crippen molar-refractivity contribution < 1.29 is 35.3 Å². The predicted octanol–water partition coefficient (Wildman–Crippen LogP) is 8.92. The van der Waals surface area contributed by atoms with Crippen LogP contribution in [-0.4, -0.2) is 13.0 Å². The minimum atomic E-state index is -5.63. The van der Waals surface area contributed by atoms with Crippen molar-refractivity contribution >= 4 is 31.7 Å². The van der Waals surface area contributed by atoms with Gasteiger partial charge in [-0.3, -0.25) is 4.55 Å². The first-order valence-electron chi connectivity index (χ1n) is 12.3. The van der Waals surface area contributed by atoms with Gasteiger partial charge >= 0.3 is 10.1 Å². The van der Waals surface area contributed by atoms with Gasteiger partial charge in [0, 0.05) is 11.1 Å². The smallest absolute Gasteiger partial charge is 0.300 e. The molecule has 9 heteroatoms. The maximum Gasteiger partial charge on any atom is 0.300 e. The van der Waals surface area contributed by atoms with Crippen molar-refractivity contribution in [3.8, 4) is 33.8 Å². The van der Waals surface area contributed by atoms with Gasteiger partial charge in [-0.05, 0) is 44.8 Å². The van der Waals surface area contributed by atoms with E-state index >= 15 is 8.78 Å². The van der Waals surface area contributed by atoms with E-state index in [0.29, 0.717) is 22.3 Å². The van der Waals surface area contributed by atoms with Gasteiger partial charge in [0.1, 0.15) is 5.75 Å². The highest BCUT2D eigenvalue weighted by molar-refractivity contribution is 7.85. The Morgan fingerprint density at radius 1 is 0.512 bits per heavy atom. The van der Waals surface area contributed by atoms with Crippen LogP contribution < -0.4 is 4.74 Å². The number of benzene rings is 6. The van der Waals surface area contributed by atoms with Gasteiger partial charge in [0.15, 0.2) is 16.5 Å². The van der Waals surface area contributed by atoms with E-state index in [1.165, 1.54) is 0 Å². The van der Waals surface area contributed by atoms with E-state index in [0.717, 1.165) is 21.5 Å². The Kier molecular flexibility index (Phi) is 6.48. The fourth-order valence-electron chi connectivity index (χ4n) is 4.82. The predicted molar refractivity (Wildman–Crippen MR) is 148 cm³/mol. The Balaban J connectivity index is 1.62. The second kappa shape index (κ2) is 10.0. The zero-order chi connectivity index (χ0) is 28.9. The molecule has 204 valence electrons. The molecular weight excluding hydrogens is 556 g/mol. The zero-order valence-corrected chi connectivity index (χ0v) is 21.7. The Labute approximate surface area is 231 Å². The van der Waals surface area contributed by atoms with Crippen LogP contribution in [-0.2, 0) is 10.1 Å². The summed E-state index contributed by atoms with van der Waals surface area (Å²) in [4.78, 5) is -2.14. The van der Waals surface area contributed by atoms with Gasteiger partial charge in [-0.15, -0.1) is 0 Å². The number of ether oxygens (including phenoxy) is 1. The van der Waals surface area contributed by atoms with Crippen molar-refractivity contribution in [3.63, 3.8) is 0 Å². The molecule has 1 N–H and O–H groups in total. The summed E-state index contributed by atoms with van der Waals surface area (Å²) < 4.78 is 97.3. The quantitative estimate of drug-likeness (QED) is 0.127. The third-order valence-electron chi connectivity index (χ3n) is 6.78. The SMILES string of the molecule is O=S(=O)(O)c1c(F)c(F)c(Oc2c(-c3ccc4ccccc4c3)cccc2-c2ccc3ccccc3c2)c(F)c1F. The fraction of sp³-hybridized carbons (Fsp3) is 0. The minimum Gasteiger partial charge on any atom is -0.450 e. The normalized spacial score (nSPS) is 11.7. The van der Waals surface area contributed by atoms with Crippen LogP contribution in [0.5, 0.6) is 11.5 Å². The van der Waals surface area contributed by atoms with E-state index in [4.69, 9.17) is 9.29 Å². The second-order valence-corrected chi connectivity index (χ2v) is 10.7. The van der Waals surface area contributed by atoms with Crippen LogP contribution in [0.15, 0.2) is 108 Å². The van der Waals surface area contributed by atoms with Gasteiger partial charge in [0.05, 0.1) is 0 Å². The third-order valence-corrected chi connectivity index (χ3v) is 7.66. The van der Waals surface area contributed by atoms with Crippen molar-refractivity contribution in [2.75, 3.05) is 0 Å². The molecule has 0 aliphatic carbocycles. The highest BCUT2D eigenvalue weighted by Gasteiger charge is 2.34. The number of rotatable bonds is 5. The lowest BCUT2D eigenvalue weighted by Gasteiger charge is -2.18. The van der Waals surface area contributed by atoms with Gasteiger partial charge in [-0.1, -0.05) is 91.0 Å². The van der Waals surface area contributed by atoms with Crippen LogP contribution in [0.4, 0.5) is 17.6 Å². The number of para-hydroxylation sites is 1. The molecule has 0 aliphatic rings. The number of hydrogen-bond acceptors (Lipinski definition) is 3. The standard InChI is InChI=1S/C32H18F4O4S/c33-26-28(35)32(41(37,38)39)29(36)27(34)31(26)40-30-24(22-14-12-18-6-1-3-8-20(18)16-22)10-5-11-25(30)23-15-13-19-7-2-4-9-21(19)17-23/h1-17H,(H,37,38,39). The molecule has 0 bridgehead atoms. The molecule has 0 spiro atoms. The van der Waals surface area contributed by atoms with Gasteiger partial charge in [0.25, 0.3) is 0 Å². The van der Waals surface area contributed by atoms with E-state index in [2.05, 4.69) is 0 Å². The van der Waals surface area contributed by atoms with Crippen molar-refractivity contribution in [1.82, 2.24) is 0 Å². The van der Waals surface area contributed by atoms with Crippen LogP contribution in [0.3, 0.4) is 0 Å². The molecule has 0 aromatic heterocycles. The van der Waals surface area contributed by atoms with Gasteiger partial charge < -0.3 is 4.74 Å². The lowest BCUT2D eigenvalue weighted by atomic mass is 9.94. The summed E-state index contributed by atoms with van der Waals surface area (Å²) >= 11 is 0. The molecule has 0 heterocycles. The van der Waals surface area contributed by atoms with Gasteiger partial charge in [-0.2, -0.15) is 17.2 Å². The Morgan fingerprint density at radius 3 is 1.39 bits per heavy atom. The summed E-state index contributed by atoms with van der Waals surface area (Å²) in [5, 5.41) is 3.59. The summed E-state index contributed by atoms with van der Waals surface area (Å²) in [7, 11) is -5.63. The molecule has 6 aromatic rings. The molecule has 6 aromatic carbocycles. The highest BCUT2D eigenvalue weighted by Crippen LogP contribution is 2.45. The van der Waals surface area contributed by atoms with Crippen LogP contribution in [0.25, 0.3) is 43.8 Å². The molecule has 0 unspecified atom stereocenters. The summed E-state index contributed by atoms with van der Waals surface area (Å²) in [5.74, 6) is -10.5. The molecule has 0 atom stereocenters. The molecule has 6 rings (SSSR count). The first-order valence-corrected chi connectivity index (χ1v) is 13.7. The summed E-state index contributed by atoms with van der Waals surface area (Å²) in [6.07, 6.45) is 0. The van der Waals surface area contributed by atoms with E-state index in [-0.39, 0.29) is 5.75 Å². The number of halogens is 4. The first-order chi connectivity index (χ1) is 19.6. The van der Waals surface area contributed by atoms with Crippen LogP contribution in [0.2, 0.25) is 0 Å². The Morgan fingerprint density at radius 2 is 0.951 bits per heavy atom. The average molecular weight is 575 g/mol. The van der Waals surface area contributed by atoms with Crippen molar-refractivity contribution in [2.24, 2.45) is 0 Å². The minimum absolute atomic E-state index is 0.130. The molecule has 0 fully saturated rings. The maximum atomic E-state index is 15.1. The maximum absolute atomic E-state index is 15.1. The molecule has 0 saturated heterocycles. The summed E-state index contributed by atoms with van der Waals surface area (Å²) in [5.41, 5.74) is 1.86. The molecule has 4 nitrogen and oxygen atoms in total. The van der Waals surface area contributed by atoms with Crippen LogP contribution in [0, 0.1) is 23.3 Å².